The number of carbonyl (C=O) groups is 2. The first-order chi connectivity index (χ1) is 13.4. The van der Waals surface area contributed by atoms with E-state index in [1.807, 2.05) is 23.1 Å². The summed E-state index contributed by atoms with van der Waals surface area (Å²) in [4.78, 5) is 28.0. The van der Waals surface area contributed by atoms with Crippen LogP contribution in [0.4, 0.5) is 4.79 Å². The zero-order valence-electron chi connectivity index (χ0n) is 15.8. The van der Waals surface area contributed by atoms with Gasteiger partial charge in [-0.3, -0.25) is 9.69 Å². The summed E-state index contributed by atoms with van der Waals surface area (Å²) in [7, 11) is 2.15. The fourth-order valence-corrected chi connectivity index (χ4v) is 4.71. The van der Waals surface area contributed by atoms with Crippen molar-refractivity contribution in [3.05, 3.63) is 52.8 Å². The Balaban J connectivity index is 1.34. The second kappa shape index (κ2) is 7.56. The fraction of sp³-hybridized carbons (Fsp3) is 0.450. The maximum absolute atomic E-state index is 12.7. The van der Waals surface area contributed by atoms with Crippen LogP contribution in [-0.4, -0.2) is 57.7 Å². The number of hydrogen-bond acceptors (Lipinski definition) is 4. The highest BCUT2D eigenvalue weighted by Gasteiger charge is 2.43. The Morgan fingerprint density at radius 2 is 1.89 bits per heavy atom. The van der Waals surface area contributed by atoms with E-state index in [9.17, 15) is 9.59 Å². The van der Waals surface area contributed by atoms with Gasteiger partial charge < -0.3 is 10.6 Å². The summed E-state index contributed by atoms with van der Waals surface area (Å²) in [6.07, 6.45) is 3.64. The zero-order valence-corrected chi connectivity index (χ0v) is 16.5. The molecule has 2 heterocycles. The van der Waals surface area contributed by atoms with E-state index < -0.39 is 5.91 Å². The molecule has 148 valence electrons. The Bertz CT molecular complexity index is 884. The van der Waals surface area contributed by atoms with Crippen molar-refractivity contribution >= 4 is 23.5 Å². The lowest BCUT2D eigenvalue weighted by atomic mass is 10.0. The Labute approximate surface area is 169 Å². The number of hydrogen-bond donors (Lipinski definition) is 1. The molecule has 1 aliphatic carbocycles. The van der Waals surface area contributed by atoms with Gasteiger partial charge in [0.1, 0.15) is 0 Å². The van der Waals surface area contributed by atoms with Gasteiger partial charge in [-0.15, -0.1) is 0 Å². The van der Waals surface area contributed by atoms with E-state index in [2.05, 4.69) is 23.1 Å². The molecule has 2 amide bonds. The SMILES string of the molecule is CN(Cc1ccccc1Cl)[C@@H]1C[C@@H]2CN(C(=O)n3ccc(C(N)=O)n3)C[C@@H]2C1. The van der Waals surface area contributed by atoms with E-state index in [1.165, 1.54) is 16.9 Å². The number of likely N-dealkylation sites (tertiary alicyclic amines) is 1. The highest BCUT2D eigenvalue weighted by molar-refractivity contribution is 6.31. The quantitative estimate of drug-likeness (QED) is 0.852. The standard InChI is InChI=1S/C20H24ClN5O2/c1-24(10-13-4-2-3-5-17(13)21)16-8-14-11-25(12-15(14)9-16)20(28)26-7-6-18(23-26)19(22)27/h2-7,14-16H,8-12H2,1H3,(H2,22,27)/t14-,15+,16-. The van der Waals surface area contributed by atoms with Gasteiger partial charge in [0, 0.05) is 36.9 Å². The highest BCUT2D eigenvalue weighted by Crippen LogP contribution is 2.40. The zero-order chi connectivity index (χ0) is 19.8. The summed E-state index contributed by atoms with van der Waals surface area (Å²) >= 11 is 6.30. The van der Waals surface area contributed by atoms with Crippen LogP contribution in [0.3, 0.4) is 0 Å². The van der Waals surface area contributed by atoms with Gasteiger partial charge in [0.05, 0.1) is 0 Å². The molecule has 2 fully saturated rings. The smallest absolute Gasteiger partial charge is 0.344 e. The molecule has 0 bridgehead atoms. The van der Waals surface area contributed by atoms with Gasteiger partial charge in [-0.05, 0) is 49.4 Å². The van der Waals surface area contributed by atoms with Crippen molar-refractivity contribution in [3.8, 4) is 0 Å². The van der Waals surface area contributed by atoms with Crippen molar-refractivity contribution in [2.24, 2.45) is 17.6 Å². The largest absolute Gasteiger partial charge is 0.364 e. The molecule has 1 aromatic heterocycles. The van der Waals surface area contributed by atoms with E-state index >= 15 is 0 Å². The second-order valence-corrected chi connectivity index (χ2v) is 8.26. The molecule has 0 radical (unpaired) electrons. The minimum Gasteiger partial charge on any atom is -0.364 e. The van der Waals surface area contributed by atoms with E-state index in [0.717, 1.165) is 43.1 Å². The molecule has 1 saturated carbocycles. The van der Waals surface area contributed by atoms with E-state index in [0.29, 0.717) is 17.9 Å². The van der Waals surface area contributed by atoms with Crippen molar-refractivity contribution < 1.29 is 9.59 Å². The summed E-state index contributed by atoms with van der Waals surface area (Å²) in [6, 6.07) is 9.73. The number of carbonyl (C=O) groups excluding carboxylic acids is 2. The van der Waals surface area contributed by atoms with Gasteiger partial charge in [0.25, 0.3) is 5.91 Å². The predicted octanol–water partition coefficient (Wildman–Crippen LogP) is 2.45. The molecule has 1 aliphatic heterocycles. The van der Waals surface area contributed by atoms with Crippen LogP contribution in [0.2, 0.25) is 5.02 Å². The van der Waals surface area contributed by atoms with Gasteiger partial charge in [-0.25, -0.2) is 4.79 Å². The summed E-state index contributed by atoms with van der Waals surface area (Å²) in [5.41, 5.74) is 6.46. The topological polar surface area (TPSA) is 84.5 Å². The number of benzene rings is 1. The molecule has 8 heteroatoms. The first kappa shape index (κ1) is 19.0. The monoisotopic (exact) mass is 401 g/mol. The van der Waals surface area contributed by atoms with E-state index in [-0.39, 0.29) is 11.7 Å². The van der Waals surface area contributed by atoms with Crippen LogP contribution in [0.5, 0.6) is 0 Å². The summed E-state index contributed by atoms with van der Waals surface area (Å²) in [5, 5.41) is 4.78. The normalized spacial score (nSPS) is 24.0. The van der Waals surface area contributed by atoms with Crippen molar-refractivity contribution in [3.63, 3.8) is 0 Å². The Kier molecular flexibility index (Phi) is 5.12. The lowest BCUT2D eigenvalue weighted by Crippen LogP contribution is -2.36. The first-order valence-electron chi connectivity index (χ1n) is 9.50. The highest BCUT2D eigenvalue weighted by atomic mass is 35.5. The first-order valence-corrected chi connectivity index (χ1v) is 9.88. The number of amides is 2. The molecule has 2 aliphatic rings. The number of halogens is 1. The molecule has 0 unspecified atom stereocenters. The number of fused-ring (bicyclic) bond motifs is 1. The van der Waals surface area contributed by atoms with Crippen LogP contribution in [-0.2, 0) is 6.54 Å². The summed E-state index contributed by atoms with van der Waals surface area (Å²) < 4.78 is 1.21. The molecule has 2 aromatic rings. The molecule has 1 aromatic carbocycles. The Morgan fingerprint density at radius 3 is 2.50 bits per heavy atom. The minimum absolute atomic E-state index is 0.106. The Morgan fingerprint density at radius 1 is 1.21 bits per heavy atom. The van der Waals surface area contributed by atoms with E-state index in [1.54, 1.807) is 0 Å². The number of nitrogens with two attached hydrogens (primary N) is 1. The number of aromatic nitrogens is 2. The lowest BCUT2D eigenvalue weighted by Gasteiger charge is -2.26. The van der Waals surface area contributed by atoms with Crippen LogP contribution in [0.15, 0.2) is 36.5 Å². The van der Waals surface area contributed by atoms with Crippen LogP contribution in [0.1, 0.15) is 28.9 Å². The molecular weight excluding hydrogens is 378 g/mol. The number of rotatable bonds is 4. The van der Waals surface area contributed by atoms with Gasteiger partial charge in [-0.1, -0.05) is 29.8 Å². The van der Waals surface area contributed by atoms with Gasteiger partial charge in [0.15, 0.2) is 5.69 Å². The van der Waals surface area contributed by atoms with Crippen LogP contribution < -0.4 is 5.73 Å². The van der Waals surface area contributed by atoms with Gasteiger partial charge in [-0.2, -0.15) is 9.78 Å². The molecule has 28 heavy (non-hydrogen) atoms. The number of primary amides is 1. The third-order valence-corrected chi connectivity index (χ3v) is 6.40. The Hall–Kier alpha value is -2.38. The van der Waals surface area contributed by atoms with Crippen molar-refractivity contribution in [1.29, 1.82) is 0 Å². The molecule has 3 atom stereocenters. The van der Waals surface area contributed by atoms with Crippen LogP contribution in [0.25, 0.3) is 0 Å². The average Bonchev–Trinajstić information content (AvgIpc) is 3.37. The molecular formula is C20H24ClN5O2. The maximum Gasteiger partial charge on any atom is 0.344 e. The van der Waals surface area contributed by atoms with Gasteiger partial charge in [0.2, 0.25) is 0 Å². The van der Waals surface area contributed by atoms with Crippen molar-refractivity contribution in [2.75, 3.05) is 20.1 Å². The third kappa shape index (κ3) is 3.64. The second-order valence-electron chi connectivity index (χ2n) is 7.85. The molecule has 2 N–H and O–H groups in total. The molecule has 4 rings (SSSR count). The van der Waals surface area contributed by atoms with Crippen molar-refractivity contribution in [1.82, 2.24) is 19.6 Å². The summed E-state index contributed by atoms with van der Waals surface area (Å²) in [5.74, 6) is 0.358. The predicted molar refractivity (Wildman–Crippen MR) is 106 cm³/mol. The average molecular weight is 402 g/mol. The van der Waals surface area contributed by atoms with E-state index in [4.69, 9.17) is 17.3 Å². The van der Waals surface area contributed by atoms with Gasteiger partial charge >= 0.3 is 6.03 Å². The van der Waals surface area contributed by atoms with Crippen molar-refractivity contribution in [2.45, 2.75) is 25.4 Å². The summed E-state index contributed by atoms with van der Waals surface area (Å²) in [6.45, 7) is 2.28. The minimum atomic E-state index is -0.630. The molecule has 7 nitrogen and oxygen atoms in total. The van der Waals surface area contributed by atoms with Crippen LogP contribution >= 0.6 is 11.6 Å². The lowest BCUT2D eigenvalue weighted by molar-refractivity contribution is 0.0995. The maximum atomic E-state index is 12.7. The fourth-order valence-electron chi connectivity index (χ4n) is 4.52. The molecule has 0 spiro atoms. The number of nitrogens with zero attached hydrogens (tertiary/aromatic N) is 4. The third-order valence-electron chi connectivity index (χ3n) is 6.04. The van der Waals surface area contributed by atoms with Crippen LogP contribution in [0, 0.1) is 11.8 Å². The molecule has 1 saturated heterocycles.